The molecule has 0 saturated heterocycles. The summed E-state index contributed by atoms with van der Waals surface area (Å²) in [6, 6.07) is 6.76. The number of aryl methyl sites for hydroxylation is 1. The zero-order chi connectivity index (χ0) is 65.9. The number of benzene rings is 1. The standard InChI is InChI=1S/C64H102N2O27/c1-4-53-54-48-52(6-7-58(54)65-60-55(53)50-66-59(60)49-57-56(61(66)67)51-92-62(68)64(57,70)5-2)93-63(69)91-47-46-90-45-44-89-43-42-88-41-40-87-39-38-86-37-36-85-35-34-84-33-32-83-31-30-82-29-28-81-27-26-80-25-24-79-23-22-78-21-20-77-19-18-76-17-16-75-15-14-74-13-12-73-11-10-72-9-8-71-3/h6-7,48-49,70H,4-5,8-47,50-51H2,1-3H3/t64-/m0/s1. The van der Waals surface area contributed by atoms with Gasteiger partial charge in [0.05, 0.1) is 287 Å². The average molecular weight is 1330 g/mol. The Labute approximate surface area is 545 Å². The van der Waals surface area contributed by atoms with Gasteiger partial charge >= 0.3 is 12.1 Å². The van der Waals surface area contributed by atoms with Crippen LogP contribution in [0.2, 0.25) is 0 Å². The molecule has 29 heteroatoms. The summed E-state index contributed by atoms with van der Waals surface area (Å²) < 4.78 is 127. The van der Waals surface area contributed by atoms with Gasteiger partial charge in [0.25, 0.3) is 5.56 Å². The molecule has 29 nitrogen and oxygen atoms in total. The van der Waals surface area contributed by atoms with Crippen molar-refractivity contribution >= 4 is 23.0 Å². The van der Waals surface area contributed by atoms with E-state index in [1.165, 1.54) is 0 Å². The lowest BCUT2D eigenvalue weighted by molar-refractivity contribution is -0.172. The third kappa shape index (κ3) is 32.4. The van der Waals surface area contributed by atoms with Crippen molar-refractivity contribution in [2.24, 2.45) is 0 Å². The van der Waals surface area contributed by atoms with Gasteiger partial charge < -0.3 is 119 Å². The van der Waals surface area contributed by atoms with Crippen LogP contribution in [0.5, 0.6) is 5.75 Å². The number of rotatable bonds is 63. The fraction of sp³-hybridized carbons (Fsp3) is 0.750. The van der Waals surface area contributed by atoms with Gasteiger partial charge in [0.1, 0.15) is 19.0 Å². The number of esters is 1. The van der Waals surface area contributed by atoms with Crippen LogP contribution < -0.4 is 10.3 Å². The van der Waals surface area contributed by atoms with Gasteiger partial charge in [-0.3, -0.25) is 4.79 Å². The van der Waals surface area contributed by atoms with Crippen LogP contribution in [0.3, 0.4) is 0 Å². The number of carbonyl (C=O) groups excluding carboxylic acids is 2. The van der Waals surface area contributed by atoms with Crippen LogP contribution in [0.25, 0.3) is 22.3 Å². The number of carbonyl (C=O) groups is 2. The quantitative estimate of drug-likeness (QED) is 0.0377. The second-order valence-electron chi connectivity index (χ2n) is 20.4. The zero-order valence-corrected chi connectivity index (χ0v) is 54.9. The van der Waals surface area contributed by atoms with Crippen molar-refractivity contribution < 1.29 is 124 Å². The summed E-state index contributed by atoms with van der Waals surface area (Å²) in [5, 5.41) is 12.0. The van der Waals surface area contributed by atoms with Gasteiger partial charge in [0, 0.05) is 23.6 Å². The molecule has 0 unspecified atom stereocenters. The monoisotopic (exact) mass is 1330 g/mol. The van der Waals surface area contributed by atoms with Crippen molar-refractivity contribution in [3.63, 3.8) is 0 Å². The predicted octanol–water partition coefficient (Wildman–Crippen LogP) is 3.12. The molecule has 93 heavy (non-hydrogen) atoms. The van der Waals surface area contributed by atoms with Gasteiger partial charge in [0.15, 0.2) is 5.60 Å². The van der Waals surface area contributed by atoms with Crippen LogP contribution in [-0.4, -0.2) is 298 Å². The Bertz CT molecular complexity index is 2490. The van der Waals surface area contributed by atoms with E-state index in [1.54, 1.807) is 42.9 Å². The molecule has 0 spiro atoms. The van der Waals surface area contributed by atoms with Gasteiger partial charge in [-0.05, 0) is 42.7 Å². The molecule has 1 atom stereocenters. The number of fused-ring (bicyclic) bond motifs is 5. The lowest BCUT2D eigenvalue weighted by Gasteiger charge is -2.31. The Morgan fingerprint density at radius 1 is 0.473 bits per heavy atom. The first-order valence-corrected chi connectivity index (χ1v) is 32.3. The highest BCUT2D eigenvalue weighted by Crippen LogP contribution is 2.41. The third-order valence-electron chi connectivity index (χ3n) is 13.9. The maximum atomic E-state index is 13.6. The summed E-state index contributed by atoms with van der Waals surface area (Å²) >= 11 is 0. The fourth-order valence-corrected chi connectivity index (χ4v) is 9.12. The maximum Gasteiger partial charge on any atom is 0.513 e. The van der Waals surface area contributed by atoms with E-state index in [2.05, 4.69) is 0 Å². The van der Waals surface area contributed by atoms with Gasteiger partial charge in [-0.2, -0.15) is 0 Å². The number of aromatic nitrogens is 2. The highest BCUT2D eigenvalue weighted by molar-refractivity contribution is 5.90. The molecule has 2 aliphatic rings. The Hall–Kier alpha value is -4.52. The molecule has 2 aromatic heterocycles. The summed E-state index contributed by atoms with van der Waals surface area (Å²) in [6.45, 7) is 21.7. The van der Waals surface area contributed by atoms with Crippen LogP contribution in [0, 0.1) is 0 Å². The molecule has 5 rings (SSSR count). The number of pyridine rings is 2. The van der Waals surface area contributed by atoms with E-state index < -0.39 is 17.7 Å². The normalized spacial score (nSPS) is 14.3. The predicted molar refractivity (Wildman–Crippen MR) is 333 cm³/mol. The third-order valence-corrected chi connectivity index (χ3v) is 13.9. The largest absolute Gasteiger partial charge is 0.513 e. The molecule has 0 radical (unpaired) electrons. The van der Waals surface area contributed by atoms with Gasteiger partial charge in [-0.1, -0.05) is 13.8 Å². The summed E-state index contributed by atoms with van der Waals surface area (Å²) in [6.07, 6.45) is -0.225. The van der Waals surface area contributed by atoms with E-state index in [-0.39, 0.29) is 55.2 Å². The van der Waals surface area contributed by atoms with Gasteiger partial charge in [0.2, 0.25) is 0 Å². The van der Waals surface area contributed by atoms with E-state index in [9.17, 15) is 19.5 Å². The molecule has 0 fully saturated rings. The number of hydrogen-bond acceptors (Lipinski definition) is 28. The van der Waals surface area contributed by atoms with E-state index in [4.69, 9.17) is 114 Å². The number of nitrogens with zero attached hydrogens (tertiary/aromatic N) is 2. The summed E-state index contributed by atoms with van der Waals surface area (Å²) in [5.41, 5.74) is 1.80. The minimum Gasteiger partial charge on any atom is -0.458 e. The van der Waals surface area contributed by atoms with Crippen molar-refractivity contribution in [3.05, 3.63) is 56.9 Å². The molecule has 1 aromatic carbocycles. The molecular formula is C64H102N2O27. The summed E-state index contributed by atoms with van der Waals surface area (Å²) in [4.78, 5) is 43.6. The summed E-state index contributed by atoms with van der Waals surface area (Å²) in [7, 11) is 1.64. The molecular weight excluding hydrogens is 1230 g/mol. The number of ether oxygens (including phenoxy) is 23. The molecule has 4 heterocycles. The molecule has 0 amide bonds. The number of methoxy groups -OCH3 is 1. The molecule has 0 saturated carbocycles. The molecule has 3 aromatic rings. The van der Waals surface area contributed by atoms with Gasteiger partial charge in [-0.25, -0.2) is 14.6 Å². The van der Waals surface area contributed by atoms with E-state index in [0.717, 1.165) is 16.5 Å². The number of cyclic esters (lactones) is 1. The lowest BCUT2D eigenvalue weighted by Crippen LogP contribution is -2.44. The van der Waals surface area contributed by atoms with Crippen LogP contribution in [-0.2, 0) is 134 Å². The highest BCUT2D eigenvalue weighted by atomic mass is 16.7. The van der Waals surface area contributed by atoms with Gasteiger partial charge in [-0.15, -0.1) is 0 Å². The van der Waals surface area contributed by atoms with Crippen molar-refractivity contribution in [3.8, 4) is 17.1 Å². The molecule has 2 aliphatic heterocycles. The highest BCUT2D eigenvalue weighted by Gasteiger charge is 2.45. The molecule has 530 valence electrons. The fourth-order valence-electron chi connectivity index (χ4n) is 9.12. The van der Waals surface area contributed by atoms with Crippen LogP contribution in [0.1, 0.15) is 42.5 Å². The Balaban J connectivity index is 0.669. The first kappa shape index (κ1) is 79.2. The minimum atomic E-state index is -1.91. The van der Waals surface area contributed by atoms with Crippen LogP contribution >= 0.6 is 0 Å². The number of aliphatic hydroxyl groups is 1. The molecule has 0 bridgehead atoms. The Kier molecular flexibility index (Phi) is 44.0. The number of hydrogen-bond donors (Lipinski definition) is 1. The smallest absolute Gasteiger partial charge is 0.458 e. The van der Waals surface area contributed by atoms with E-state index >= 15 is 0 Å². The lowest BCUT2D eigenvalue weighted by atomic mass is 9.86. The maximum absolute atomic E-state index is 13.6. The van der Waals surface area contributed by atoms with Crippen molar-refractivity contribution in [1.82, 2.24) is 9.55 Å². The first-order chi connectivity index (χ1) is 45.8. The summed E-state index contributed by atoms with van der Waals surface area (Å²) in [5.74, 6) is -0.504. The Morgan fingerprint density at radius 2 is 0.806 bits per heavy atom. The van der Waals surface area contributed by atoms with E-state index in [0.29, 0.717) is 274 Å². The zero-order valence-electron chi connectivity index (χ0n) is 54.9. The van der Waals surface area contributed by atoms with Crippen molar-refractivity contribution in [1.29, 1.82) is 0 Å². The Morgan fingerprint density at radius 3 is 1.13 bits per heavy atom. The first-order valence-electron chi connectivity index (χ1n) is 32.3. The second-order valence-corrected chi connectivity index (χ2v) is 20.4. The minimum absolute atomic E-state index is 0.0191. The van der Waals surface area contributed by atoms with Crippen molar-refractivity contribution in [2.75, 3.05) is 271 Å². The van der Waals surface area contributed by atoms with Crippen LogP contribution in [0.15, 0.2) is 29.1 Å². The SMILES string of the molecule is CCc1c2c(nc3ccc(OC(=O)OCCOCCOCCOCCOCCOCCOCCOCCOCCOCCOCCOCCOCCOCCOCCOCCOCCOCCOCCOCCOC)cc13)-c1cc3c(c(=O)n1C2)COC(=O)[C@]3(O)CC. The van der Waals surface area contributed by atoms with E-state index in [1.807, 2.05) is 6.92 Å². The van der Waals surface area contributed by atoms with Crippen molar-refractivity contribution in [2.45, 2.75) is 45.4 Å². The van der Waals surface area contributed by atoms with Crippen LogP contribution in [0.4, 0.5) is 4.79 Å². The molecule has 0 aliphatic carbocycles. The molecule has 1 N–H and O–H groups in total. The second kappa shape index (κ2) is 51.7. The average Bonchev–Trinajstić information content (AvgIpc) is 1.63. The topological polar surface area (TPSA) is 302 Å².